The van der Waals surface area contributed by atoms with Gasteiger partial charge in [0.25, 0.3) is 0 Å². The van der Waals surface area contributed by atoms with Crippen LogP contribution in [0.2, 0.25) is 0 Å². The van der Waals surface area contributed by atoms with Crippen molar-refractivity contribution in [2.75, 3.05) is 25.4 Å². The topological polar surface area (TPSA) is 228 Å². The number of nitrogens with one attached hydrogen (secondary N) is 1. The number of carboxylic acids is 4. The normalized spacial score (nSPS) is 18.6. The fourth-order valence-corrected chi connectivity index (χ4v) is 5.32. The number of carbonyl (C=O) groups is 7. The highest BCUT2D eigenvalue weighted by Crippen LogP contribution is 2.21. The Bertz CT molecular complexity index is 1290. The number of hydrogen-bond acceptors (Lipinski definition) is 10. The first-order valence-corrected chi connectivity index (χ1v) is 16.6. The molecule has 1 aromatic carbocycles. The monoisotopic (exact) mass is 709 g/mol. The summed E-state index contributed by atoms with van der Waals surface area (Å²) in [5.74, 6) is -4.93. The van der Waals surface area contributed by atoms with Gasteiger partial charge in [-0.25, -0.2) is 19.2 Å². The van der Waals surface area contributed by atoms with Gasteiger partial charge >= 0.3 is 29.8 Å². The number of esters is 1. The summed E-state index contributed by atoms with van der Waals surface area (Å²) in [6.45, 7) is 6.42. The Hall–Kier alpha value is -4.44. The Labute approximate surface area is 290 Å². The van der Waals surface area contributed by atoms with Gasteiger partial charge in [-0.1, -0.05) is 37.3 Å². The molecule has 1 aromatic rings. The molecule has 3 rings (SSSR count). The minimum Gasteiger partial charge on any atom is -0.480 e. The van der Waals surface area contributed by atoms with Gasteiger partial charge in [-0.05, 0) is 57.9 Å². The summed E-state index contributed by atoms with van der Waals surface area (Å²) < 4.78 is 5.14. The molecular weight excluding hydrogens is 662 g/mol. The van der Waals surface area contributed by atoms with E-state index in [9.17, 15) is 38.7 Å². The number of ether oxygens (including phenoxy) is 1. The van der Waals surface area contributed by atoms with Crippen molar-refractivity contribution in [2.45, 2.75) is 83.5 Å². The van der Waals surface area contributed by atoms with Gasteiger partial charge in [0.05, 0.1) is 12.6 Å². The Balaban J connectivity index is 0.000000452. The molecule has 0 radical (unpaired) electrons. The number of carboxylic acid groups (broad SMARTS) is 4. The summed E-state index contributed by atoms with van der Waals surface area (Å²) >= 11 is 4.03. The molecule has 0 bridgehead atoms. The summed E-state index contributed by atoms with van der Waals surface area (Å²) in [6.07, 6.45) is 4.75. The number of carbonyl (C=O) groups excluding carboxylic acids is 3. The predicted molar refractivity (Wildman–Crippen MR) is 180 cm³/mol. The minimum atomic E-state index is -1.26. The average Bonchev–Trinajstić information content (AvgIpc) is 3.77. The summed E-state index contributed by atoms with van der Waals surface area (Å²) in [5.41, 5.74) is 1.10. The maximum Gasteiger partial charge on any atom is 0.328 e. The highest BCUT2D eigenvalue weighted by atomic mass is 32.1. The molecule has 49 heavy (non-hydrogen) atoms. The van der Waals surface area contributed by atoms with Gasteiger partial charge in [0.15, 0.2) is 0 Å². The quantitative estimate of drug-likeness (QED) is 0.0923. The molecule has 0 aromatic heterocycles. The lowest BCUT2D eigenvalue weighted by Gasteiger charge is -2.27. The predicted octanol–water partition coefficient (Wildman–Crippen LogP) is 1.94. The zero-order valence-electron chi connectivity index (χ0n) is 27.9. The highest BCUT2D eigenvalue weighted by molar-refractivity contribution is 7.80. The number of aryl methyl sites for hydroxylation is 1. The van der Waals surface area contributed by atoms with E-state index in [1.807, 2.05) is 30.3 Å². The first kappa shape index (κ1) is 42.6. The van der Waals surface area contributed by atoms with Gasteiger partial charge < -0.3 is 35.0 Å². The lowest BCUT2D eigenvalue weighted by Crippen LogP contribution is -2.53. The number of nitrogens with zero attached hydrogens (tertiary/aromatic N) is 2. The zero-order chi connectivity index (χ0) is 37.1. The van der Waals surface area contributed by atoms with Crippen molar-refractivity contribution < 1.29 is 58.7 Å². The Kier molecular flexibility index (Phi) is 19.3. The van der Waals surface area contributed by atoms with Crippen LogP contribution in [0.3, 0.4) is 0 Å². The molecule has 0 aliphatic carbocycles. The molecule has 2 aliphatic heterocycles. The summed E-state index contributed by atoms with van der Waals surface area (Å²) in [7, 11) is 0. The largest absolute Gasteiger partial charge is 0.480 e. The van der Waals surface area contributed by atoms with E-state index in [0.29, 0.717) is 63.1 Å². The number of aliphatic carboxylic acids is 4. The highest BCUT2D eigenvalue weighted by Gasteiger charge is 2.37. The molecule has 16 heteroatoms. The molecule has 2 amide bonds. The van der Waals surface area contributed by atoms with Crippen LogP contribution >= 0.6 is 12.6 Å². The van der Waals surface area contributed by atoms with Crippen molar-refractivity contribution in [1.82, 2.24) is 15.1 Å². The third-order valence-corrected chi connectivity index (χ3v) is 8.21. The third-order valence-electron chi connectivity index (χ3n) is 7.66. The van der Waals surface area contributed by atoms with Crippen LogP contribution in [0.5, 0.6) is 0 Å². The molecule has 2 fully saturated rings. The van der Waals surface area contributed by atoms with E-state index >= 15 is 0 Å². The first-order chi connectivity index (χ1) is 23.1. The van der Waals surface area contributed by atoms with Gasteiger partial charge in [0, 0.05) is 36.9 Å². The SMILES string of the molecule is CCOC(=O)[C@H](CCc1ccccc1)N[C@@H](C)C(=O)N1CCC[C@H]1C(=O)O.C[C@H](CS)C(=O)N1CCC[C@H]1C(=O)O.O=C(O)/C=C\C(=O)O. The third kappa shape index (κ3) is 15.1. The van der Waals surface area contributed by atoms with E-state index in [4.69, 9.17) is 20.1 Å². The van der Waals surface area contributed by atoms with E-state index in [-0.39, 0.29) is 24.3 Å². The smallest absolute Gasteiger partial charge is 0.328 e. The fraction of sp³-hybridized carbons (Fsp3) is 0.545. The number of thiol groups is 1. The molecule has 2 aliphatic rings. The van der Waals surface area contributed by atoms with E-state index in [1.54, 1.807) is 20.8 Å². The fourth-order valence-electron chi connectivity index (χ4n) is 5.17. The first-order valence-electron chi connectivity index (χ1n) is 15.9. The minimum absolute atomic E-state index is 0.0927. The average molecular weight is 710 g/mol. The van der Waals surface area contributed by atoms with Crippen molar-refractivity contribution in [3.63, 3.8) is 0 Å². The zero-order valence-corrected chi connectivity index (χ0v) is 28.8. The van der Waals surface area contributed by atoms with Gasteiger partial charge in [-0.2, -0.15) is 12.6 Å². The Morgan fingerprint density at radius 2 is 1.35 bits per heavy atom. The van der Waals surface area contributed by atoms with E-state index in [1.165, 1.54) is 9.80 Å². The number of amides is 2. The van der Waals surface area contributed by atoms with Crippen LogP contribution in [-0.2, 0) is 44.7 Å². The Morgan fingerprint density at radius 1 is 0.857 bits per heavy atom. The molecule has 272 valence electrons. The van der Waals surface area contributed by atoms with Crippen molar-refractivity contribution in [1.29, 1.82) is 0 Å². The Morgan fingerprint density at radius 3 is 1.78 bits per heavy atom. The van der Waals surface area contributed by atoms with Crippen LogP contribution in [-0.4, -0.2) is 122 Å². The number of rotatable bonds is 14. The van der Waals surface area contributed by atoms with Crippen molar-refractivity contribution in [2.24, 2.45) is 5.92 Å². The van der Waals surface area contributed by atoms with E-state index < -0.39 is 54.0 Å². The second kappa shape index (κ2) is 22.2. The van der Waals surface area contributed by atoms with Gasteiger partial charge in [0.1, 0.15) is 18.1 Å². The van der Waals surface area contributed by atoms with Crippen LogP contribution in [0, 0.1) is 5.92 Å². The molecule has 2 saturated heterocycles. The van der Waals surface area contributed by atoms with Crippen LogP contribution in [0.1, 0.15) is 58.4 Å². The van der Waals surface area contributed by atoms with Crippen LogP contribution < -0.4 is 5.32 Å². The lowest BCUT2D eigenvalue weighted by atomic mass is 10.0. The van der Waals surface area contributed by atoms with Gasteiger partial charge in [-0.15, -0.1) is 0 Å². The molecule has 0 unspecified atom stereocenters. The van der Waals surface area contributed by atoms with Gasteiger partial charge in [-0.3, -0.25) is 19.7 Å². The number of likely N-dealkylation sites (tertiary alicyclic amines) is 2. The summed E-state index contributed by atoms with van der Waals surface area (Å²) in [5, 5.41) is 36.8. The molecule has 15 nitrogen and oxygen atoms in total. The molecule has 5 atom stereocenters. The van der Waals surface area contributed by atoms with Crippen LogP contribution in [0.25, 0.3) is 0 Å². The van der Waals surface area contributed by atoms with Gasteiger partial charge in [0.2, 0.25) is 11.8 Å². The van der Waals surface area contributed by atoms with Crippen LogP contribution in [0.4, 0.5) is 0 Å². The molecule has 2 heterocycles. The summed E-state index contributed by atoms with van der Waals surface area (Å²) in [6, 6.07) is 7.07. The number of hydrogen-bond donors (Lipinski definition) is 6. The van der Waals surface area contributed by atoms with E-state index in [2.05, 4.69) is 17.9 Å². The van der Waals surface area contributed by atoms with Crippen molar-refractivity contribution in [3.05, 3.63) is 48.0 Å². The maximum atomic E-state index is 12.7. The second-order valence-electron chi connectivity index (χ2n) is 11.4. The number of benzene rings is 1. The second-order valence-corrected chi connectivity index (χ2v) is 11.7. The maximum absolute atomic E-state index is 12.7. The molecule has 0 spiro atoms. The summed E-state index contributed by atoms with van der Waals surface area (Å²) in [4.78, 5) is 80.8. The van der Waals surface area contributed by atoms with E-state index in [0.717, 1.165) is 12.0 Å². The van der Waals surface area contributed by atoms with Crippen molar-refractivity contribution >= 4 is 54.3 Å². The molecule has 5 N–H and O–H groups in total. The van der Waals surface area contributed by atoms with Crippen LogP contribution in [0.15, 0.2) is 42.5 Å². The standard InChI is InChI=1S/C20H28N2O5.C9H15NO3S.C4H4O4/c1-3-27-20(26)16(12-11-15-8-5-4-6-9-15)21-14(2)18(23)22-13-7-10-17(22)19(24)25;1-6(5-14)8(11)10-4-2-3-7(10)9(12)13;5-3(6)1-2-4(7)8/h4-6,8-9,14,16-17,21H,3,7,10-13H2,1-2H3,(H,24,25);6-7,14H,2-5H2,1H3,(H,12,13);1-2H,(H,5,6)(H,7,8)/b;;2-1-/t14-,16-,17-;6-,7+;/m01./s1. The van der Waals surface area contributed by atoms with Crippen molar-refractivity contribution in [3.8, 4) is 0 Å². The lowest BCUT2D eigenvalue weighted by molar-refractivity contribution is -0.150. The molecular formula is C33H47N3O12S. The molecule has 0 saturated carbocycles.